The molecule has 0 bridgehead atoms. The van der Waals surface area contributed by atoms with Crippen molar-refractivity contribution in [1.82, 2.24) is 9.80 Å². The summed E-state index contributed by atoms with van der Waals surface area (Å²) in [5, 5.41) is 24.8. The van der Waals surface area contributed by atoms with Crippen molar-refractivity contribution < 1.29 is 29.3 Å². The number of aliphatic hydroxyl groups excluding tert-OH is 1. The fourth-order valence-electron chi connectivity index (χ4n) is 4.01. The maximum Gasteiger partial charge on any atom is 0.328 e. The van der Waals surface area contributed by atoms with E-state index in [-0.39, 0.29) is 12.4 Å². The molecule has 1 saturated heterocycles. The minimum atomic E-state index is -1.26. The van der Waals surface area contributed by atoms with E-state index in [9.17, 15) is 19.1 Å². The third-order valence-corrected chi connectivity index (χ3v) is 7.49. The van der Waals surface area contributed by atoms with E-state index in [1.807, 2.05) is 6.07 Å². The van der Waals surface area contributed by atoms with E-state index in [0.717, 1.165) is 44.0 Å². The molecule has 7 nitrogen and oxygen atoms in total. The normalized spacial score (nSPS) is 18.4. The van der Waals surface area contributed by atoms with Crippen LogP contribution in [0.5, 0.6) is 0 Å². The highest BCUT2D eigenvalue weighted by atomic mass is 127. The third kappa shape index (κ3) is 7.51. The Morgan fingerprint density at radius 1 is 1.03 bits per heavy atom. The molecule has 2 aromatic rings. The van der Waals surface area contributed by atoms with Gasteiger partial charge >= 0.3 is 11.9 Å². The number of carboxylic acid groups (broad SMARTS) is 2. The average Bonchev–Trinajstić information content (AvgIpc) is 2.95. The first kappa shape index (κ1) is 26.6. The van der Waals surface area contributed by atoms with Crippen LogP contribution >= 0.6 is 34.4 Å². The number of rotatable bonds is 5. The maximum atomic E-state index is 13.8. The number of carboxylic acids is 2. The number of aliphatic hydroxyl groups is 1. The number of β-amino-alcohol motifs (C(OH)–C–C–N with tert-alkyl or cyclic N) is 1. The van der Waals surface area contributed by atoms with Crippen molar-refractivity contribution in [2.24, 2.45) is 0 Å². The Balaban J connectivity index is 0.000000350. The Kier molecular flexibility index (Phi) is 9.89. The van der Waals surface area contributed by atoms with Crippen LogP contribution in [-0.2, 0) is 16.0 Å². The van der Waals surface area contributed by atoms with Crippen LogP contribution in [0.15, 0.2) is 58.3 Å². The van der Waals surface area contributed by atoms with Gasteiger partial charge < -0.3 is 15.3 Å². The van der Waals surface area contributed by atoms with Crippen LogP contribution in [0.1, 0.15) is 17.2 Å². The molecule has 0 aliphatic carbocycles. The van der Waals surface area contributed by atoms with E-state index < -0.39 is 11.9 Å². The van der Waals surface area contributed by atoms with Crippen LogP contribution in [0.4, 0.5) is 4.39 Å². The number of benzene rings is 2. The molecule has 0 amide bonds. The summed E-state index contributed by atoms with van der Waals surface area (Å²) in [5.74, 6) is -2.68. The van der Waals surface area contributed by atoms with Crippen LogP contribution in [-0.4, -0.2) is 76.4 Å². The summed E-state index contributed by atoms with van der Waals surface area (Å²) in [6, 6.07) is 12.1. The topological polar surface area (TPSA) is 101 Å². The van der Waals surface area contributed by atoms with Crippen molar-refractivity contribution in [2.45, 2.75) is 22.3 Å². The number of nitrogens with zero attached hydrogens (tertiary/aromatic N) is 2. The first-order chi connectivity index (χ1) is 16.3. The van der Waals surface area contributed by atoms with Gasteiger partial charge in [-0.1, -0.05) is 17.8 Å². The number of fused-ring (bicyclic) bond motifs is 2. The molecular formula is C24H26FIN2O5S. The lowest BCUT2D eigenvalue weighted by atomic mass is 9.96. The van der Waals surface area contributed by atoms with Gasteiger partial charge in [0.25, 0.3) is 0 Å². The lowest BCUT2D eigenvalue weighted by molar-refractivity contribution is -0.134. The molecule has 34 heavy (non-hydrogen) atoms. The summed E-state index contributed by atoms with van der Waals surface area (Å²) in [6.07, 6.45) is 2.03. The second kappa shape index (κ2) is 12.6. The summed E-state index contributed by atoms with van der Waals surface area (Å²) in [5.41, 5.74) is 2.58. The molecule has 0 aromatic heterocycles. The summed E-state index contributed by atoms with van der Waals surface area (Å²) >= 11 is 4.06. The first-order valence-electron chi connectivity index (χ1n) is 10.7. The molecule has 4 rings (SSSR count). The molecule has 0 radical (unpaired) electrons. The van der Waals surface area contributed by atoms with E-state index in [0.29, 0.717) is 18.2 Å². The standard InChI is InChI=1S/C20H22FIN2OS.C4H4O4/c21-15-2-1-14-11-18(24-7-5-23(6-8-24)9-10-25)17-13-16(22)3-4-19(17)26-20(14)12-15;5-3(6)1-2-4(7)8/h1-4,12-13,18,25H,5-11H2;1-2H,(H,5,6)(H,7,8)/b;2-1-. The molecule has 0 spiro atoms. The van der Waals surface area contributed by atoms with Crippen molar-refractivity contribution in [1.29, 1.82) is 0 Å². The van der Waals surface area contributed by atoms with Gasteiger partial charge in [0.05, 0.1) is 6.61 Å². The van der Waals surface area contributed by atoms with Gasteiger partial charge in [0.15, 0.2) is 0 Å². The van der Waals surface area contributed by atoms with Crippen LogP contribution < -0.4 is 0 Å². The SMILES string of the molecule is O=C(O)/C=C\C(=O)O.OCCN1CCN(C2Cc3ccc(F)cc3Sc3ccc(I)cc32)CC1. The van der Waals surface area contributed by atoms with Crippen molar-refractivity contribution in [2.75, 3.05) is 39.3 Å². The quantitative estimate of drug-likeness (QED) is 0.355. The molecule has 182 valence electrons. The minimum absolute atomic E-state index is 0.167. The molecule has 1 fully saturated rings. The highest BCUT2D eigenvalue weighted by molar-refractivity contribution is 14.1. The zero-order valence-corrected chi connectivity index (χ0v) is 21.3. The van der Waals surface area contributed by atoms with Crippen LogP contribution in [0, 0.1) is 9.39 Å². The molecular weight excluding hydrogens is 574 g/mol. The number of piperazine rings is 1. The second-order valence-electron chi connectivity index (χ2n) is 7.87. The van der Waals surface area contributed by atoms with E-state index in [4.69, 9.17) is 10.2 Å². The third-order valence-electron chi connectivity index (χ3n) is 5.63. The number of aliphatic carboxylic acids is 2. The van der Waals surface area contributed by atoms with Gasteiger partial charge in [-0.05, 0) is 70.5 Å². The summed E-state index contributed by atoms with van der Waals surface area (Å²) in [7, 11) is 0. The number of hydrogen-bond acceptors (Lipinski definition) is 6. The molecule has 1 atom stereocenters. The molecule has 2 aromatic carbocycles. The fraction of sp³-hybridized carbons (Fsp3) is 0.333. The molecule has 3 N–H and O–H groups in total. The van der Waals surface area contributed by atoms with E-state index in [1.54, 1.807) is 23.9 Å². The molecule has 0 saturated carbocycles. The molecule has 10 heteroatoms. The van der Waals surface area contributed by atoms with Crippen LogP contribution in [0.2, 0.25) is 0 Å². The van der Waals surface area contributed by atoms with Crippen molar-refractivity contribution in [3.05, 3.63) is 69.1 Å². The predicted octanol–water partition coefficient (Wildman–Crippen LogP) is 3.50. The monoisotopic (exact) mass is 600 g/mol. The Morgan fingerprint density at radius 2 is 1.71 bits per heavy atom. The second-order valence-corrected chi connectivity index (χ2v) is 10.2. The lowest BCUT2D eigenvalue weighted by Crippen LogP contribution is -2.48. The minimum Gasteiger partial charge on any atom is -0.478 e. The van der Waals surface area contributed by atoms with E-state index in [1.165, 1.54) is 19.6 Å². The van der Waals surface area contributed by atoms with Crippen LogP contribution in [0.25, 0.3) is 0 Å². The van der Waals surface area contributed by atoms with Gasteiger partial charge in [0.2, 0.25) is 0 Å². The van der Waals surface area contributed by atoms with Crippen molar-refractivity contribution in [3.8, 4) is 0 Å². The highest BCUT2D eigenvalue weighted by Crippen LogP contribution is 2.43. The molecule has 2 aliphatic heterocycles. The van der Waals surface area contributed by atoms with Crippen molar-refractivity contribution in [3.63, 3.8) is 0 Å². The molecule has 2 heterocycles. The molecule has 2 aliphatic rings. The maximum absolute atomic E-state index is 13.8. The Labute approximate surface area is 215 Å². The number of carbonyl (C=O) groups is 2. The summed E-state index contributed by atoms with van der Waals surface area (Å²) in [4.78, 5) is 26.3. The Bertz CT molecular complexity index is 1040. The Hall–Kier alpha value is -1.99. The average molecular weight is 600 g/mol. The van der Waals surface area contributed by atoms with Gasteiger partial charge in [0, 0.05) is 64.3 Å². The van der Waals surface area contributed by atoms with Gasteiger partial charge in [0.1, 0.15) is 5.82 Å². The predicted molar refractivity (Wildman–Crippen MR) is 136 cm³/mol. The smallest absolute Gasteiger partial charge is 0.328 e. The molecule has 1 unspecified atom stereocenters. The van der Waals surface area contributed by atoms with Gasteiger partial charge in [-0.3, -0.25) is 9.80 Å². The fourth-order valence-corrected chi connectivity index (χ4v) is 5.66. The number of hydrogen-bond donors (Lipinski definition) is 3. The Morgan fingerprint density at radius 3 is 2.32 bits per heavy atom. The van der Waals surface area contributed by atoms with E-state index in [2.05, 4.69) is 50.6 Å². The number of halogens is 2. The zero-order valence-electron chi connectivity index (χ0n) is 18.4. The van der Waals surface area contributed by atoms with Gasteiger partial charge in [-0.2, -0.15) is 0 Å². The first-order valence-corrected chi connectivity index (χ1v) is 12.6. The van der Waals surface area contributed by atoms with Crippen molar-refractivity contribution >= 4 is 46.3 Å². The van der Waals surface area contributed by atoms with Gasteiger partial charge in [-0.25, -0.2) is 14.0 Å². The lowest BCUT2D eigenvalue weighted by Gasteiger charge is -2.39. The summed E-state index contributed by atoms with van der Waals surface area (Å²) in [6.45, 7) is 4.94. The largest absolute Gasteiger partial charge is 0.478 e. The van der Waals surface area contributed by atoms with Gasteiger partial charge in [-0.15, -0.1) is 0 Å². The summed E-state index contributed by atoms with van der Waals surface area (Å²) < 4.78 is 15.0. The highest BCUT2D eigenvalue weighted by Gasteiger charge is 2.30. The van der Waals surface area contributed by atoms with Crippen LogP contribution in [0.3, 0.4) is 0 Å². The zero-order chi connectivity index (χ0) is 24.7. The van der Waals surface area contributed by atoms with E-state index >= 15 is 0 Å².